The number of piperidine rings is 1. The summed E-state index contributed by atoms with van der Waals surface area (Å²) in [6.07, 6.45) is 6.11. The first-order chi connectivity index (χ1) is 14.5. The minimum absolute atomic E-state index is 0.0514. The summed E-state index contributed by atoms with van der Waals surface area (Å²) in [6, 6.07) is 11.5. The standard InChI is InChI=1S/C22H20ClFN4O2/c23-21-18(28-12-4-3-7-19(28)26-21)8-9-20(29)25-15-10-13-27(14-11-15)22(30)16-5-1-2-6-17(16)24/h1-9,12,15H,10-11,13-14H2,(H,25,29)/b9-8-. The van der Waals surface area contributed by atoms with Gasteiger partial charge in [0.2, 0.25) is 5.91 Å². The number of rotatable bonds is 4. The first kappa shape index (κ1) is 20.1. The predicted molar refractivity (Wildman–Crippen MR) is 113 cm³/mol. The predicted octanol–water partition coefficient (Wildman–Crippen LogP) is 3.56. The molecule has 2 amide bonds. The van der Waals surface area contributed by atoms with Crippen LogP contribution in [0, 0.1) is 5.82 Å². The molecule has 0 saturated carbocycles. The van der Waals surface area contributed by atoms with Crippen LogP contribution in [0.15, 0.2) is 54.7 Å². The zero-order valence-electron chi connectivity index (χ0n) is 16.1. The number of aromatic nitrogens is 2. The fourth-order valence-corrected chi connectivity index (χ4v) is 3.81. The van der Waals surface area contributed by atoms with E-state index in [-0.39, 0.29) is 23.4 Å². The number of hydrogen-bond acceptors (Lipinski definition) is 3. The number of halogens is 2. The number of hydrogen-bond donors (Lipinski definition) is 1. The van der Waals surface area contributed by atoms with Crippen LogP contribution in [0.4, 0.5) is 4.39 Å². The van der Waals surface area contributed by atoms with Gasteiger partial charge in [0.1, 0.15) is 11.5 Å². The van der Waals surface area contributed by atoms with Gasteiger partial charge in [-0.05, 0) is 43.2 Å². The van der Waals surface area contributed by atoms with Crippen LogP contribution in [0.3, 0.4) is 0 Å². The van der Waals surface area contributed by atoms with Crippen LogP contribution in [-0.2, 0) is 4.79 Å². The number of nitrogens with one attached hydrogen (secondary N) is 1. The van der Waals surface area contributed by atoms with E-state index in [2.05, 4.69) is 10.3 Å². The zero-order valence-corrected chi connectivity index (χ0v) is 16.8. The van der Waals surface area contributed by atoms with E-state index in [0.29, 0.717) is 42.4 Å². The lowest BCUT2D eigenvalue weighted by Gasteiger charge is -2.32. The van der Waals surface area contributed by atoms with Crippen LogP contribution in [0.5, 0.6) is 0 Å². The molecule has 0 unspecified atom stereocenters. The summed E-state index contributed by atoms with van der Waals surface area (Å²) >= 11 is 6.17. The second-order valence-corrected chi connectivity index (χ2v) is 7.46. The largest absolute Gasteiger partial charge is 0.350 e. The highest BCUT2D eigenvalue weighted by atomic mass is 35.5. The van der Waals surface area contributed by atoms with Crippen molar-refractivity contribution < 1.29 is 14.0 Å². The number of amides is 2. The number of likely N-dealkylation sites (tertiary alicyclic amines) is 1. The minimum atomic E-state index is -0.519. The van der Waals surface area contributed by atoms with Crippen molar-refractivity contribution in [3.63, 3.8) is 0 Å². The second kappa shape index (κ2) is 8.67. The molecule has 0 atom stereocenters. The highest BCUT2D eigenvalue weighted by Gasteiger charge is 2.25. The maximum atomic E-state index is 13.8. The van der Waals surface area contributed by atoms with Gasteiger partial charge < -0.3 is 10.2 Å². The average molecular weight is 427 g/mol. The monoisotopic (exact) mass is 426 g/mol. The summed E-state index contributed by atoms with van der Waals surface area (Å²) in [6.45, 7) is 0.918. The minimum Gasteiger partial charge on any atom is -0.350 e. The molecule has 3 heterocycles. The van der Waals surface area contributed by atoms with Gasteiger partial charge in [-0.2, -0.15) is 0 Å². The van der Waals surface area contributed by atoms with E-state index >= 15 is 0 Å². The normalized spacial score (nSPS) is 15.1. The van der Waals surface area contributed by atoms with Gasteiger partial charge in [0, 0.05) is 31.4 Å². The number of carbonyl (C=O) groups excluding carboxylic acids is 2. The van der Waals surface area contributed by atoms with Gasteiger partial charge >= 0.3 is 0 Å². The lowest BCUT2D eigenvalue weighted by Crippen LogP contribution is -2.46. The van der Waals surface area contributed by atoms with E-state index in [1.54, 1.807) is 27.5 Å². The summed E-state index contributed by atoms with van der Waals surface area (Å²) in [5, 5.41) is 3.27. The van der Waals surface area contributed by atoms with Crippen LogP contribution in [-0.4, -0.2) is 45.2 Å². The molecule has 1 aliphatic rings. The molecule has 8 heteroatoms. The number of fused-ring (bicyclic) bond motifs is 1. The topological polar surface area (TPSA) is 66.7 Å². The number of nitrogens with zero attached hydrogens (tertiary/aromatic N) is 3. The Morgan fingerprint density at radius 3 is 2.63 bits per heavy atom. The molecule has 1 aliphatic heterocycles. The lowest BCUT2D eigenvalue weighted by atomic mass is 10.0. The van der Waals surface area contributed by atoms with E-state index in [9.17, 15) is 14.0 Å². The first-order valence-electron chi connectivity index (χ1n) is 9.68. The fraction of sp³-hybridized carbons (Fsp3) is 0.227. The number of carbonyl (C=O) groups is 2. The third kappa shape index (κ3) is 4.21. The molecular weight excluding hydrogens is 407 g/mol. The molecule has 1 N–H and O–H groups in total. The van der Waals surface area contributed by atoms with Crippen LogP contribution in [0.25, 0.3) is 11.7 Å². The molecule has 0 bridgehead atoms. The molecule has 154 valence electrons. The van der Waals surface area contributed by atoms with Crippen molar-refractivity contribution >= 4 is 35.1 Å². The number of benzene rings is 1. The van der Waals surface area contributed by atoms with Gasteiger partial charge in [0.15, 0.2) is 5.15 Å². The molecular formula is C22H20ClFN4O2. The van der Waals surface area contributed by atoms with Gasteiger partial charge in [0.25, 0.3) is 5.91 Å². The molecule has 0 aliphatic carbocycles. The quantitative estimate of drug-likeness (QED) is 0.649. The Bertz CT molecular complexity index is 1120. The third-order valence-electron chi connectivity index (χ3n) is 5.15. The van der Waals surface area contributed by atoms with Crippen molar-refractivity contribution in [2.45, 2.75) is 18.9 Å². The van der Waals surface area contributed by atoms with Crippen molar-refractivity contribution in [3.8, 4) is 0 Å². The lowest BCUT2D eigenvalue weighted by molar-refractivity contribution is -0.117. The summed E-state index contributed by atoms with van der Waals surface area (Å²) in [5.74, 6) is -1.08. The van der Waals surface area contributed by atoms with E-state index in [4.69, 9.17) is 11.6 Å². The van der Waals surface area contributed by atoms with Crippen LogP contribution >= 0.6 is 11.6 Å². The van der Waals surface area contributed by atoms with Crippen LogP contribution in [0.2, 0.25) is 5.15 Å². The van der Waals surface area contributed by atoms with Crippen molar-refractivity contribution in [2.24, 2.45) is 0 Å². The maximum absolute atomic E-state index is 13.8. The van der Waals surface area contributed by atoms with Gasteiger partial charge in [-0.1, -0.05) is 29.8 Å². The SMILES string of the molecule is O=C(/C=C\c1c(Cl)nc2ccccn12)NC1CCN(C(=O)c2ccccc2F)CC1. The molecule has 30 heavy (non-hydrogen) atoms. The first-order valence-corrected chi connectivity index (χ1v) is 10.1. The van der Waals surface area contributed by atoms with Crippen molar-refractivity contribution in [1.29, 1.82) is 0 Å². The number of imidazole rings is 1. The number of pyridine rings is 1. The highest BCUT2D eigenvalue weighted by Crippen LogP contribution is 2.19. The average Bonchev–Trinajstić information content (AvgIpc) is 3.07. The summed E-state index contributed by atoms with van der Waals surface area (Å²) in [4.78, 5) is 30.7. The van der Waals surface area contributed by atoms with Gasteiger partial charge in [-0.3, -0.25) is 14.0 Å². The molecule has 2 aromatic heterocycles. The molecule has 4 rings (SSSR count). The van der Waals surface area contributed by atoms with Crippen molar-refractivity contribution in [2.75, 3.05) is 13.1 Å². The Morgan fingerprint density at radius 1 is 1.13 bits per heavy atom. The van der Waals surface area contributed by atoms with E-state index < -0.39 is 5.82 Å². The molecule has 1 fully saturated rings. The zero-order chi connectivity index (χ0) is 21.1. The van der Waals surface area contributed by atoms with E-state index in [0.717, 1.165) is 0 Å². The Balaban J connectivity index is 1.33. The molecule has 6 nitrogen and oxygen atoms in total. The smallest absolute Gasteiger partial charge is 0.256 e. The third-order valence-corrected chi connectivity index (χ3v) is 5.43. The molecule has 1 saturated heterocycles. The molecule has 0 radical (unpaired) electrons. The second-order valence-electron chi connectivity index (χ2n) is 7.10. The molecule has 1 aromatic carbocycles. The van der Waals surface area contributed by atoms with Crippen molar-refractivity contribution in [3.05, 3.63) is 77.0 Å². The Labute approximate surface area is 178 Å². The molecule has 3 aromatic rings. The maximum Gasteiger partial charge on any atom is 0.256 e. The van der Waals surface area contributed by atoms with E-state index in [1.165, 1.54) is 18.2 Å². The van der Waals surface area contributed by atoms with Gasteiger partial charge in [-0.15, -0.1) is 0 Å². The van der Waals surface area contributed by atoms with Crippen LogP contribution < -0.4 is 5.32 Å². The molecule has 0 spiro atoms. The fourth-order valence-electron chi connectivity index (χ4n) is 3.57. The Morgan fingerprint density at radius 2 is 1.87 bits per heavy atom. The summed E-state index contributed by atoms with van der Waals surface area (Å²) in [7, 11) is 0. The Hall–Kier alpha value is -3.19. The highest BCUT2D eigenvalue weighted by molar-refractivity contribution is 6.31. The van der Waals surface area contributed by atoms with Gasteiger partial charge in [0.05, 0.1) is 11.3 Å². The summed E-state index contributed by atoms with van der Waals surface area (Å²) < 4.78 is 15.6. The van der Waals surface area contributed by atoms with Gasteiger partial charge in [-0.25, -0.2) is 9.37 Å². The van der Waals surface area contributed by atoms with Crippen molar-refractivity contribution in [1.82, 2.24) is 19.6 Å². The Kier molecular flexibility index (Phi) is 5.81. The van der Waals surface area contributed by atoms with Crippen LogP contribution in [0.1, 0.15) is 28.9 Å². The summed E-state index contributed by atoms with van der Waals surface area (Å²) in [5.41, 5.74) is 1.41. The van der Waals surface area contributed by atoms with E-state index in [1.807, 2.05) is 24.4 Å².